The number of para-hydroxylation sites is 1. The number of methoxy groups -OCH3 is 1. The molecule has 0 aliphatic carbocycles. The van der Waals surface area contributed by atoms with Crippen molar-refractivity contribution < 1.29 is 19.1 Å². The van der Waals surface area contributed by atoms with Gasteiger partial charge in [-0.25, -0.2) is 5.43 Å². The third-order valence-corrected chi connectivity index (χ3v) is 3.53. The number of nitrogens with one attached hydrogen (secondary N) is 2. The van der Waals surface area contributed by atoms with E-state index in [-0.39, 0.29) is 0 Å². The Morgan fingerprint density at radius 1 is 1.15 bits per heavy atom. The van der Waals surface area contributed by atoms with E-state index in [2.05, 4.69) is 15.8 Å². The number of anilines is 1. The Bertz CT molecular complexity index is 824. The average molecular weight is 376 g/mol. The lowest BCUT2D eigenvalue weighted by Crippen LogP contribution is -2.32. The zero-order valence-corrected chi connectivity index (χ0v) is 15.0. The van der Waals surface area contributed by atoms with Crippen molar-refractivity contribution in [2.45, 2.75) is 6.92 Å². The van der Waals surface area contributed by atoms with E-state index in [0.717, 1.165) is 0 Å². The van der Waals surface area contributed by atoms with Crippen LogP contribution in [0.2, 0.25) is 5.02 Å². The van der Waals surface area contributed by atoms with Crippen LogP contribution < -0.4 is 20.2 Å². The van der Waals surface area contributed by atoms with Crippen molar-refractivity contribution in [3.05, 3.63) is 53.1 Å². The molecule has 0 heterocycles. The van der Waals surface area contributed by atoms with Crippen LogP contribution in [0.1, 0.15) is 12.5 Å². The lowest BCUT2D eigenvalue weighted by atomic mass is 10.2. The molecule has 2 rings (SSSR count). The summed E-state index contributed by atoms with van der Waals surface area (Å²) in [6, 6.07) is 11.8. The Balaban J connectivity index is 1.97. The van der Waals surface area contributed by atoms with Crippen LogP contribution in [0.15, 0.2) is 47.6 Å². The Morgan fingerprint density at radius 3 is 2.62 bits per heavy atom. The smallest absolute Gasteiger partial charge is 0.329 e. The predicted molar refractivity (Wildman–Crippen MR) is 100.0 cm³/mol. The van der Waals surface area contributed by atoms with Crippen LogP contribution in [-0.4, -0.2) is 31.7 Å². The minimum absolute atomic E-state index is 0.332. The molecule has 0 spiro atoms. The normalized spacial score (nSPS) is 10.4. The summed E-state index contributed by atoms with van der Waals surface area (Å²) in [4.78, 5) is 23.6. The monoisotopic (exact) mass is 375 g/mol. The number of carbonyl (C=O) groups excluding carboxylic acids is 2. The van der Waals surface area contributed by atoms with E-state index in [9.17, 15) is 9.59 Å². The summed E-state index contributed by atoms with van der Waals surface area (Å²) >= 11 is 5.92. The lowest BCUT2D eigenvalue weighted by Gasteiger charge is -2.09. The Kier molecular flexibility index (Phi) is 6.99. The second kappa shape index (κ2) is 9.43. The second-order valence-corrected chi connectivity index (χ2v) is 5.38. The first kappa shape index (κ1) is 19.3. The summed E-state index contributed by atoms with van der Waals surface area (Å²) in [5, 5.41) is 6.51. The summed E-state index contributed by atoms with van der Waals surface area (Å²) in [6.07, 6.45) is 1.39. The van der Waals surface area contributed by atoms with E-state index >= 15 is 0 Å². The van der Waals surface area contributed by atoms with Crippen molar-refractivity contribution in [2.24, 2.45) is 5.10 Å². The van der Waals surface area contributed by atoms with Crippen LogP contribution in [0.4, 0.5) is 5.69 Å². The van der Waals surface area contributed by atoms with Gasteiger partial charge in [0.1, 0.15) is 0 Å². The molecule has 7 nitrogen and oxygen atoms in total. The fourth-order valence-corrected chi connectivity index (χ4v) is 2.18. The van der Waals surface area contributed by atoms with Crippen LogP contribution in [0, 0.1) is 0 Å². The van der Waals surface area contributed by atoms with Gasteiger partial charge in [0, 0.05) is 0 Å². The molecular weight excluding hydrogens is 358 g/mol. The van der Waals surface area contributed by atoms with E-state index in [1.807, 2.05) is 6.92 Å². The molecular formula is C18H18ClN3O4. The van der Waals surface area contributed by atoms with Gasteiger partial charge >= 0.3 is 11.8 Å². The van der Waals surface area contributed by atoms with Gasteiger partial charge in [0.2, 0.25) is 0 Å². The number of halogens is 1. The van der Waals surface area contributed by atoms with Gasteiger partial charge in [-0.15, -0.1) is 0 Å². The molecule has 0 radical (unpaired) electrons. The van der Waals surface area contributed by atoms with E-state index in [1.165, 1.54) is 6.21 Å². The van der Waals surface area contributed by atoms with Crippen molar-refractivity contribution in [3.8, 4) is 11.5 Å². The summed E-state index contributed by atoms with van der Waals surface area (Å²) in [5.74, 6) is -0.645. The van der Waals surface area contributed by atoms with E-state index in [1.54, 1.807) is 49.6 Å². The van der Waals surface area contributed by atoms with Gasteiger partial charge < -0.3 is 14.8 Å². The van der Waals surface area contributed by atoms with Crippen molar-refractivity contribution in [1.29, 1.82) is 0 Å². The number of rotatable bonds is 6. The van der Waals surface area contributed by atoms with Gasteiger partial charge in [-0.05, 0) is 42.8 Å². The molecule has 2 N–H and O–H groups in total. The minimum atomic E-state index is -0.917. The highest BCUT2D eigenvalue weighted by molar-refractivity contribution is 6.41. The second-order valence-electron chi connectivity index (χ2n) is 4.98. The molecule has 0 aromatic heterocycles. The maximum absolute atomic E-state index is 11.8. The first-order valence-corrected chi connectivity index (χ1v) is 8.12. The summed E-state index contributed by atoms with van der Waals surface area (Å²) in [7, 11) is 1.55. The Hall–Kier alpha value is -3.06. The maximum Gasteiger partial charge on any atom is 0.329 e. The molecule has 0 saturated carbocycles. The number of benzene rings is 2. The molecule has 8 heteroatoms. The van der Waals surface area contributed by atoms with Crippen molar-refractivity contribution in [1.82, 2.24) is 5.43 Å². The fraction of sp³-hybridized carbons (Fsp3) is 0.167. The summed E-state index contributed by atoms with van der Waals surface area (Å²) in [5.41, 5.74) is 3.16. The Labute approximate surface area is 155 Å². The quantitative estimate of drug-likeness (QED) is 0.461. The fourth-order valence-electron chi connectivity index (χ4n) is 2.00. The SMILES string of the molecule is CCOc1cc(/C=N\NC(=O)C(=O)Nc2ccccc2Cl)ccc1OC. The number of hydrazone groups is 1. The summed E-state index contributed by atoms with van der Waals surface area (Å²) < 4.78 is 10.7. The molecule has 2 amide bonds. The molecule has 0 aliphatic rings. The largest absolute Gasteiger partial charge is 0.493 e. The topological polar surface area (TPSA) is 89.0 Å². The average Bonchev–Trinajstić information content (AvgIpc) is 2.64. The van der Waals surface area contributed by atoms with Gasteiger partial charge in [-0.2, -0.15) is 5.10 Å². The van der Waals surface area contributed by atoms with Crippen LogP contribution >= 0.6 is 11.6 Å². The number of nitrogens with zero attached hydrogens (tertiary/aromatic N) is 1. The van der Waals surface area contributed by atoms with Crippen molar-refractivity contribution in [3.63, 3.8) is 0 Å². The van der Waals surface area contributed by atoms with E-state index < -0.39 is 11.8 Å². The zero-order valence-electron chi connectivity index (χ0n) is 14.3. The van der Waals surface area contributed by atoms with Gasteiger partial charge in [0.05, 0.1) is 30.6 Å². The highest BCUT2D eigenvalue weighted by Gasteiger charge is 2.14. The predicted octanol–water partition coefficient (Wildman–Crippen LogP) is 2.84. The molecule has 0 atom stereocenters. The molecule has 0 fully saturated rings. The molecule has 0 bridgehead atoms. The highest BCUT2D eigenvalue weighted by atomic mass is 35.5. The van der Waals surface area contributed by atoms with Crippen LogP contribution in [-0.2, 0) is 9.59 Å². The third kappa shape index (κ3) is 5.22. The molecule has 2 aromatic rings. The third-order valence-electron chi connectivity index (χ3n) is 3.20. The molecule has 136 valence electrons. The number of amides is 2. The Morgan fingerprint density at radius 2 is 1.92 bits per heavy atom. The van der Waals surface area contributed by atoms with Gasteiger partial charge in [0.15, 0.2) is 11.5 Å². The molecule has 0 unspecified atom stereocenters. The molecule has 2 aromatic carbocycles. The lowest BCUT2D eigenvalue weighted by molar-refractivity contribution is -0.136. The van der Waals surface area contributed by atoms with Crippen molar-refractivity contribution in [2.75, 3.05) is 19.0 Å². The van der Waals surface area contributed by atoms with Gasteiger partial charge in [0.25, 0.3) is 0 Å². The van der Waals surface area contributed by atoms with Crippen LogP contribution in [0.25, 0.3) is 0 Å². The zero-order chi connectivity index (χ0) is 18.9. The standard InChI is InChI=1S/C18H18ClN3O4/c1-3-26-16-10-12(8-9-15(16)25-2)11-20-22-18(24)17(23)21-14-7-5-4-6-13(14)19/h4-11H,3H2,1-2H3,(H,21,23)(H,22,24)/b20-11-. The van der Waals surface area contributed by atoms with E-state index in [4.69, 9.17) is 21.1 Å². The van der Waals surface area contributed by atoms with Crippen molar-refractivity contribution >= 4 is 35.3 Å². The van der Waals surface area contributed by atoms with Gasteiger partial charge in [-0.1, -0.05) is 23.7 Å². The van der Waals surface area contributed by atoms with Crippen LogP contribution in [0.5, 0.6) is 11.5 Å². The maximum atomic E-state index is 11.8. The number of hydrogen-bond donors (Lipinski definition) is 2. The van der Waals surface area contributed by atoms with E-state index in [0.29, 0.717) is 34.4 Å². The first-order chi connectivity index (χ1) is 12.5. The minimum Gasteiger partial charge on any atom is -0.493 e. The molecule has 26 heavy (non-hydrogen) atoms. The molecule has 0 aliphatic heterocycles. The first-order valence-electron chi connectivity index (χ1n) is 7.75. The van der Waals surface area contributed by atoms with Gasteiger partial charge in [-0.3, -0.25) is 9.59 Å². The number of hydrogen-bond acceptors (Lipinski definition) is 5. The number of carbonyl (C=O) groups is 2. The van der Waals surface area contributed by atoms with Crippen LogP contribution in [0.3, 0.4) is 0 Å². The highest BCUT2D eigenvalue weighted by Crippen LogP contribution is 2.27. The summed E-state index contributed by atoms with van der Waals surface area (Å²) in [6.45, 7) is 2.34. The number of ether oxygens (including phenoxy) is 2. The molecule has 0 saturated heterocycles.